The van der Waals surface area contributed by atoms with Gasteiger partial charge in [-0.05, 0) is 73.5 Å². The molecule has 6 rings (SSSR count). The molecule has 1 heterocycles. The van der Waals surface area contributed by atoms with Crippen LogP contribution in [-0.4, -0.2) is 36.0 Å². The molecule has 0 aromatic heterocycles. The predicted octanol–water partition coefficient (Wildman–Crippen LogP) is 4.07. The lowest BCUT2D eigenvalue weighted by molar-refractivity contribution is -0.165. The molecule has 5 fully saturated rings. The normalized spacial score (nSPS) is 35.4. The molecule has 1 saturated heterocycles. The number of carbonyl (C=O) groups excluding carboxylic acids is 2. The zero-order valence-electron chi connectivity index (χ0n) is 17.1. The molecule has 0 radical (unpaired) electrons. The summed E-state index contributed by atoms with van der Waals surface area (Å²) in [5.74, 6) is 2.39. The van der Waals surface area contributed by atoms with Gasteiger partial charge in [-0.15, -0.1) is 0 Å². The summed E-state index contributed by atoms with van der Waals surface area (Å²) in [6.45, 7) is 2.79. The Morgan fingerprint density at radius 1 is 1.03 bits per heavy atom. The number of carbonyl (C=O) groups is 2. The van der Waals surface area contributed by atoms with E-state index in [0.29, 0.717) is 37.8 Å². The molecule has 1 aliphatic heterocycles. The third kappa shape index (κ3) is 3.17. The maximum atomic E-state index is 13.7. The molecule has 0 N–H and O–H groups in total. The molecule has 1 aromatic carbocycles. The van der Waals surface area contributed by atoms with Gasteiger partial charge >= 0.3 is 5.97 Å². The monoisotopic (exact) mass is 399 g/mol. The van der Waals surface area contributed by atoms with Gasteiger partial charge in [-0.1, -0.05) is 19.1 Å². The van der Waals surface area contributed by atoms with E-state index < -0.39 is 0 Å². The van der Waals surface area contributed by atoms with Gasteiger partial charge < -0.3 is 9.64 Å². The summed E-state index contributed by atoms with van der Waals surface area (Å²) in [4.78, 5) is 26.6. The fraction of sp³-hybridized carbons (Fsp3) is 0.667. The Hall–Kier alpha value is -1.91. The highest BCUT2D eigenvalue weighted by Crippen LogP contribution is 2.64. The standard InChI is InChI=1S/C24H30FNO3/c1-2-23(28)29-21-13-26(14-21)22(27)12-24(17-3-5-20(25)6-4-17)18-8-15-7-16(10-18)11-19(24)9-15/h3-6,15-16,18-19,21H,2,7-14H2,1H3. The topological polar surface area (TPSA) is 46.6 Å². The van der Waals surface area contributed by atoms with Crippen LogP contribution in [-0.2, 0) is 19.7 Å². The second kappa shape index (κ2) is 7.10. The molecule has 1 amide bonds. The fourth-order valence-corrected chi connectivity index (χ4v) is 7.00. The first-order valence-corrected chi connectivity index (χ1v) is 11.2. The Kier molecular flexibility index (Phi) is 4.67. The van der Waals surface area contributed by atoms with Crippen molar-refractivity contribution in [1.29, 1.82) is 0 Å². The number of likely N-dealkylation sites (tertiary alicyclic amines) is 1. The number of hydrogen-bond donors (Lipinski definition) is 0. The fourth-order valence-electron chi connectivity index (χ4n) is 7.00. The van der Waals surface area contributed by atoms with Gasteiger partial charge in [0.2, 0.25) is 5.91 Å². The molecule has 4 saturated carbocycles. The van der Waals surface area contributed by atoms with Gasteiger partial charge in [0.1, 0.15) is 11.9 Å². The predicted molar refractivity (Wildman–Crippen MR) is 106 cm³/mol. The van der Waals surface area contributed by atoms with Crippen LogP contribution in [0.3, 0.4) is 0 Å². The molecule has 5 aliphatic rings. The van der Waals surface area contributed by atoms with Crippen LogP contribution in [0, 0.1) is 29.5 Å². The molecule has 1 aromatic rings. The van der Waals surface area contributed by atoms with Crippen molar-refractivity contribution >= 4 is 11.9 Å². The zero-order valence-corrected chi connectivity index (χ0v) is 17.1. The smallest absolute Gasteiger partial charge is 0.305 e. The lowest BCUT2D eigenvalue weighted by atomic mass is 9.43. The number of nitrogens with zero attached hydrogens (tertiary/aromatic N) is 1. The lowest BCUT2D eigenvalue weighted by Gasteiger charge is -2.62. The molecule has 0 unspecified atom stereocenters. The Balaban J connectivity index is 1.37. The van der Waals surface area contributed by atoms with Crippen molar-refractivity contribution in [3.8, 4) is 0 Å². The van der Waals surface area contributed by atoms with Crippen molar-refractivity contribution in [2.24, 2.45) is 23.7 Å². The lowest BCUT2D eigenvalue weighted by Crippen LogP contribution is -2.60. The van der Waals surface area contributed by atoms with Crippen molar-refractivity contribution in [2.75, 3.05) is 13.1 Å². The van der Waals surface area contributed by atoms with Crippen LogP contribution < -0.4 is 0 Å². The average molecular weight is 400 g/mol. The quantitative estimate of drug-likeness (QED) is 0.701. The zero-order chi connectivity index (χ0) is 20.2. The summed E-state index contributed by atoms with van der Waals surface area (Å²) < 4.78 is 19.0. The molecule has 156 valence electrons. The maximum absolute atomic E-state index is 13.7. The second-order valence-electron chi connectivity index (χ2n) is 9.79. The van der Waals surface area contributed by atoms with Crippen molar-refractivity contribution in [2.45, 2.75) is 63.4 Å². The van der Waals surface area contributed by atoms with Crippen LogP contribution in [0.1, 0.15) is 57.4 Å². The van der Waals surface area contributed by atoms with Gasteiger partial charge in [-0.25, -0.2) is 4.39 Å². The number of hydrogen-bond acceptors (Lipinski definition) is 3. The summed E-state index contributed by atoms with van der Waals surface area (Å²) in [6.07, 6.45) is 6.88. The summed E-state index contributed by atoms with van der Waals surface area (Å²) in [6, 6.07) is 6.95. The van der Waals surface area contributed by atoms with E-state index >= 15 is 0 Å². The Labute approximate surface area is 171 Å². The number of rotatable bonds is 5. The number of ether oxygens (including phenoxy) is 1. The maximum Gasteiger partial charge on any atom is 0.305 e. The molecular weight excluding hydrogens is 369 g/mol. The Bertz CT molecular complexity index is 771. The van der Waals surface area contributed by atoms with Crippen LogP contribution in [0.25, 0.3) is 0 Å². The number of benzene rings is 1. The minimum atomic E-state index is -0.220. The van der Waals surface area contributed by atoms with Gasteiger partial charge in [0.15, 0.2) is 0 Å². The van der Waals surface area contributed by atoms with Crippen molar-refractivity contribution in [3.05, 3.63) is 35.6 Å². The molecule has 4 nitrogen and oxygen atoms in total. The highest BCUT2D eigenvalue weighted by atomic mass is 19.1. The van der Waals surface area contributed by atoms with Crippen molar-refractivity contribution in [1.82, 2.24) is 4.90 Å². The van der Waals surface area contributed by atoms with Gasteiger partial charge in [0.25, 0.3) is 0 Å². The summed E-state index contributed by atoms with van der Waals surface area (Å²) in [5.41, 5.74) is 0.985. The van der Waals surface area contributed by atoms with Gasteiger partial charge in [0, 0.05) is 18.3 Å². The first-order valence-electron chi connectivity index (χ1n) is 11.2. The number of esters is 1. The van der Waals surface area contributed by atoms with E-state index in [0.717, 1.165) is 17.4 Å². The minimum absolute atomic E-state index is 0.158. The molecule has 29 heavy (non-hydrogen) atoms. The summed E-state index contributed by atoms with van der Waals surface area (Å²) in [7, 11) is 0. The van der Waals surface area contributed by atoms with Crippen molar-refractivity contribution < 1.29 is 18.7 Å². The van der Waals surface area contributed by atoms with E-state index in [1.54, 1.807) is 19.1 Å². The molecule has 5 heteroatoms. The number of amides is 1. The van der Waals surface area contributed by atoms with Crippen LogP contribution in [0.5, 0.6) is 0 Å². The average Bonchev–Trinajstić information content (AvgIpc) is 2.67. The Morgan fingerprint density at radius 2 is 1.62 bits per heavy atom. The van der Waals surface area contributed by atoms with Crippen LogP contribution in [0.15, 0.2) is 24.3 Å². The van der Waals surface area contributed by atoms with Crippen LogP contribution in [0.2, 0.25) is 0 Å². The highest BCUT2D eigenvalue weighted by molar-refractivity contribution is 5.79. The SMILES string of the molecule is CCC(=O)OC1CN(C(=O)CC2(c3ccc(F)cc3)C3CC4CC(C3)CC2C4)C1. The van der Waals surface area contributed by atoms with E-state index in [9.17, 15) is 14.0 Å². The van der Waals surface area contributed by atoms with Gasteiger partial charge in [-0.2, -0.15) is 0 Å². The molecular formula is C24H30FNO3. The third-order valence-corrected chi connectivity index (χ3v) is 8.21. The largest absolute Gasteiger partial charge is 0.459 e. The summed E-state index contributed by atoms with van der Waals surface area (Å²) in [5, 5.41) is 0. The van der Waals surface area contributed by atoms with Crippen molar-refractivity contribution in [3.63, 3.8) is 0 Å². The highest BCUT2D eigenvalue weighted by Gasteiger charge is 2.58. The third-order valence-electron chi connectivity index (χ3n) is 8.21. The molecule has 4 aliphatic carbocycles. The Morgan fingerprint density at radius 3 is 2.17 bits per heavy atom. The van der Waals surface area contributed by atoms with Crippen LogP contribution in [0.4, 0.5) is 4.39 Å². The number of halogens is 1. The first-order chi connectivity index (χ1) is 14.0. The van der Waals surface area contributed by atoms with E-state index in [4.69, 9.17) is 4.74 Å². The van der Waals surface area contributed by atoms with E-state index in [2.05, 4.69) is 0 Å². The van der Waals surface area contributed by atoms with E-state index in [1.807, 2.05) is 17.0 Å². The van der Waals surface area contributed by atoms with E-state index in [1.165, 1.54) is 32.1 Å². The van der Waals surface area contributed by atoms with E-state index in [-0.39, 0.29) is 29.2 Å². The summed E-state index contributed by atoms with van der Waals surface area (Å²) >= 11 is 0. The van der Waals surface area contributed by atoms with Crippen LogP contribution >= 0.6 is 0 Å². The molecule has 4 bridgehead atoms. The minimum Gasteiger partial charge on any atom is -0.459 e. The first kappa shape index (κ1) is 19.1. The van der Waals surface area contributed by atoms with Gasteiger partial charge in [-0.3, -0.25) is 9.59 Å². The second-order valence-corrected chi connectivity index (χ2v) is 9.79. The molecule has 0 spiro atoms. The molecule has 0 atom stereocenters. The van der Waals surface area contributed by atoms with Gasteiger partial charge in [0.05, 0.1) is 13.1 Å².